The van der Waals surface area contributed by atoms with E-state index in [4.69, 9.17) is 16.7 Å². The lowest BCUT2D eigenvalue weighted by molar-refractivity contribution is -0.142. The first-order valence-electron chi connectivity index (χ1n) is 8.97. The topological polar surface area (TPSA) is 77.9 Å². The van der Waals surface area contributed by atoms with Gasteiger partial charge in [-0.15, -0.1) is 0 Å². The number of carbonyl (C=O) groups is 3. The van der Waals surface area contributed by atoms with Gasteiger partial charge in [-0.3, -0.25) is 14.4 Å². The molecule has 7 heteroatoms. The molecule has 1 N–H and O–H groups in total. The van der Waals surface area contributed by atoms with Gasteiger partial charge < -0.3 is 14.9 Å². The Morgan fingerprint density at radius 2 is 1.68 bits per heavy atom. The van der Waals surface area contributed by atoms with Crippen molar-refractivity contribution in [3.05, 3.63) is 70.7 Å². The number of nitrogens with zero attached hydrogens (tertiary/aromatic N) is 2. The first-order chi connectivity index (χ1) is 13.4. The third-order valence-corrected chi connectivity index (χ3v) is 5.13. The maximum Gasteiger partial charge on any atom is 0.303 e. The van der Waals surface area contributed by atoms with Gasteiger partial charge in [-0.2, -0.15) is 0 Å². The second kappa shape index (κ2) is 8.44. The third kappa shape index (κ3) is 4.17. The fraction of sp³-hybridized carbons (Fsp3) is 0.286. The van der Waals surface area contributed by atoms with Crippen molar-refractivity contribution in [2.75, 3.05) is 7.05 Å². The van der Waals surface area contributed by atoms with Crippen LogP contribution in [0.2, 0.25) is 5.02 Å². The summed E-state index contributed by atoms with van der Waals surface area (Å²) in [6.45, 7) is 0. The molecule has 28 heavy (non-hydrogen) atoms. The van der Waals surface area contributed by atoms with Crippen LogP contribution in [0.15, 0.2) is 54.6 Å². The molecule has 1 heterocycles. The van der Waals surface area contributed by atoms with Gasteiger partial charge in [0.2, 0.25) is 11.8 Å². The van der Waals surface area contributed by atoms with Crippen molar-refractivity contribution in [3.63, 3.8) is 0 Å². The van der Waals surface area contributed by atoms with Crippen molar-refractivity contribution >= 4 is 29.4 Å². The summed E-state index contributed by atoms with van der Waals surface area (Å²) in [5, 5.41) is 9.52. The van der Waals surface area contributed by atoms with Crippen LogP contribution < -0.4 is 0 Å². The Balaban J connectivity index is 1.96. The number of halogens is 1. The maximum absolute atomic E-state index is 13.0. The molecule has 0 radical (unpaired) electrons. The number of likely N-dealkylation sites (N-methyl/N-ethyl adjacent to an activating group) is 1. The zero-order valence-electron chi connectivity index (χ0n) is 15.4. The van der Waals surface area contributed by atoms with E-state index < -0.39 is 18.2 Å². The molecule has 1 aliphatic rings. The zero-order chi connectivity index (χ0) is 20.3. The first kappa shape index (κ1) is 19.9. The van der Waals surface area contributed by atoms with E-state index in [0.29, 0.717) is 11.4 Å². The number of aliphatic carboxylic acids is 1. The van der Waals surface area contributed by atoms with E-state index in [1.165, 1.54) is 9.80 Å². The van der Waals surface area contributed by atoms with E-state index in [9.17, 15) is 14.4 Å². The lowest BCUT2D eigenvalue weighted by atomic mass is 10.0. The summed E-state index contributed by atoms with van der Waals surface area (Å²) in [5.41, 5.74) is 1.68. The molecule has 2 aromatic carbocycles. The number of hydrogen-bond donors (Lipinski definition) is 1. The number of benzene rings is 2. The number of amides is 2. The van der Waals surface area contributed by atoms with Gasteiger partial charge in [0.25, 0.3) is 0 Å². The van der Waals surface area contributed by atoms with Crippen molar-refractivity contribution in [1.29, 1.82) is 0 Å². The lowest BCUT2D eigenvalue weighted by Crippen LogP contribution is -2.41. The molecule has 2 amide bonds. The molecule has 1 aliphatic heterocycles. The standard InChI is InChI=1S/C21H21ClN2O4/c1-23-20(15-7-9-16(22)10-8-15)24(18(25)11-12-19(26)27)17(21(23)28)13-14-5-3-2-4-6-14/h2-10,17,20H,11-13H2,1H3,(H,26,27). The second-order valence-corrected chi connectivity index (χ2v) is 7.21. The van der Waals surface area contributed by atoms with Gasteiger partial charge in [0.1, 0.15) is 12.2 Å². The highest BCUT2D eigenvalue weighted by molar-refractivity contribution is 6.30. The fourth-order valence-corrected chi connectivity index (χ4v) is 3.65. The second-order valence-electron chi connectivity index (χ2n) is 6.77. The highest BCUT2D eigenvalue weighted by Gasteiger charge is 2.47. The van der Waals surface area contributed by atoms with Gasteiger partial charge in [-0.25, -0.2) is 0 Å². The van der Waals surface area contributed by atoms with Crippen molar-refractivity contribution in [1.82, 2.24) is 9.80 Å². The molecule has 6 nitrogen and oxygen atoms in total. The first-order valence-corrected chi connectivity index (χ1v) is 9.35. The molecule has 2 atom stereocenters. The number of carboxylic acid groups (broad SMARTS) is 1. The van der Waals surface area contributed by atoms with Gasteiger partial charge in [0.05, 0.1) is 6.42 Å². The predicted molar refractivity (Wildman–Crippen MR) is 105 cm³/mol. The van der Waals surface area contributed by atoms with Crippen LogP contribution in [-0.2, 0) is 20.8 Å². The summed E-state index contributed by atoms with van der Waals surface area (Å²) in [5.74, 6) is -1.58. The number of carbonyl (C=O) groups excluding carboxylic acids is 2. The van der Waals surface area contributed by atoms with E-state index in [2.05, 4.69) is 0 Å². The van der Waals surface area contributed by atoms with E-state index in [-0.39, 0.29) is 24.7 Å². The SMILES string of the molecule is CN1C(=O)C(Cc2ccccc2)N(C(=O)CCC(=O)O)C1c1ccc(Cl)cc1. The van der Waals surface area contributed by atoms with Crippen LogP contribution in [0.5, 0.6) is 0 Å². The summed E-state index contributed by atoms with van der Waals surface area (Å²) in [6.07, 6.45) is -0.669. The summed E-state index contributed by atoms with van der Waals surface area (Å²) >= 11 is 5.98. The van der Waals surface area contributed by atoms with Crippen molar-refractivity contribution in [2.45, 2.75) is 31.5 Å². The summed E-state index contributed by atoms with van der Waals surface area (Å²) < 4.78 is 0. The quantitative estimate of drug-likeness (QED) is 0.808. The summed E-state index contributed by atoms with van der Waals surface area (Å²) in [4.78, 5) is 40.0. The highest BCUT2D eigenvalue weighted by atomic mass is 35.5. The molecule has 2 unspecified atom stereocenters. The van der Waals surface area contributed by atoms with Crippen LogP contribution in [0.1, 0.15) is 30.1 Å². The molecule has 0 aromatic heterocycles. The molecule has 1 fully saturated rings. The van der Waals surface area contributed by atoms with E-state index >= 15 is 0 Å². The smallest absolute Gasteiger partial charge is 0.303 e. The van der Waals surface area contributed by atoms with Crippen LogP contribution in [0, 0.1) is 0 Å². The Bertz CT molecular complexity index is 870. The maximum atomic E-state index is 13.0. The minimum atomic E-state index is -1.05. The molecule has 3 rings (SSSR count). The number of rotatable bonds is 6. The van der Waals surface area contributed by atoms with E-state index in [1.54, 1.807) is 31.3 Å². The molecule has 2 aromatic rings. The molecular formula is C21H21ClN2O4. The minimum absolute atomic E-state index is 0.161. The van der Waals surface area contributed by atoms with Gasteiger partial charge in [0, 0.05) is 24.9 Å². The monoisotopic (exact) mass is 400 g/mol. The molecule has 0 bridgehead atoms. The van der Waals surface area contributed by atoms with E-state index in [0.717, 1.165) is 11.1 Å². The van der Waals surface area contributed by atoms with Crippen LogP contribution in [0.25, 0.3) is 0 Å². The largest absolute Gasteiger partial charge is 0.481 e. The Morgan fingerprint density at radius 1 is 1.04 bits per heavy atom. The minimum Gasteiger partial charge on any atom is -0.481 e. The normalized spacial score (nSPS) is 19.1. The van der Waals surface area contributed by atoms with Gasteiger partial charge in [0.15, 0.2) is 0 Å². The van der Waals surface area contributed by atoms with Crippen molar-refractivity contribution in [2.24, 2.45) is 0 Å². The highest BCUT2D eigenvalue weighted by Crippen LogP contribution is 2.36. The van der Waals surface area contributed by atoms with Crippen LogP contribution in [-0.4, -0.2) is 45.8 Å². The molecule has 0 saturated carbocycles. The van der Waals surface area contributed by atoms with Gasteiger partial charge >= 0.3 is 5.97 Å². The van der Waals surface area contributed by atoms with Crippen molar-refractivity contribution < 1.29 is 19.5 Å². The Morgan fingerprint density at radius 3 is 2.29 bits per heavy atom. The predicted octanol–water partition coefficient (Wildman–Crippen LogP) is 3.12. The summed E-state index contributed by atoms with van der Waals surface area (Å²) in [6, 6.07) is 15.7. The average Bonchev–Trinajstić information content (AvgIpc) is 2.92. The fourth-order valence-electron chi connectivity index (χ4n) is 3.53. The summed E-state index contributed by atoms with van der Waals surface area (Å²) in [7, 11) is 1.66. The Hall–Kier alpha value is -2.86. The Kier molecular flexibility index (Phi) is 5.99. The molecule has 146 valence electrons. The van der Waals surface area contributed by atoms with Gasteiger partial charge in [-0.1, -0.05) is 54.1 Å². The lowest BCUT2D eigenvalue weighted by Gasteiger charge is -2.30. The number of hydrogen-bond acceptors (Lipinski definition) is 3. The van der Waals surface area contributed by atoms with E-state index in [1.807, 2.05) is 30.3 Å². The average molecular weight is 401 g/mol. The molecule has 1 saturated heterocycles. The third-order valence-electron chi connectivity index (χ3n) is 4.88. The van der Waals surface area contributed by atoms with Crippen LogP contribution in [0.4, 0.5) is 0 Å². The van der Waals surface area contributed by atoms with Crippen molar-refractivity contribution in [3.8, 4) is 0 Å². The molecule has 0 aliphatic carbocycles. The Labute approximate surface area is 168 Å². The van der Waals surface area contributed by atoms with Crippen LogP contribution >= 0.6 is 11.6 Å². The zero-order valence-corrected chi connectivity index (χ0v) is 16.2. The number of carboxylic acids is 1. The molecular weight excluding hydrogens is 380 g/mol. The van der Waals surface area contributed by atoms with Gasteiger partial charge in [-0.05, 0) is 23.3 Å². The molecule has 0 spiro atoms. The van der Waals surface area contributed by atoms with Crippen LogP contribution in [0.3, 0.4) is 0 Å².